The van der Waals surface area contributed by atoms with Gasteiger partial charge in [-0.3, -0.25) is 0 Å². The van der Waals surface area contributed by atoms with E-state index in [0.29, 0.717) is 11.8 Å². The molecule has 0 aliphatic rings. The molecule has 0 aromatic heterocycles. The summed E-state index contributed by atoms with van der Waals surface area (Å²) in [6, 6.07) is 8.44. The average molecular weight is 263 g/mol. The Bertz CT molecular complexity index is 332. The maximum absolute atomic E-state index is 5.80. The van der Waals surface area contributed by atoms with Gasteiger partial charge < -0.3 is 10.1 Å². The zero-order chi connectivity index (χ0) is 14.1. The molecule has 0 spiro atoms. The highest BCUT2D eigenvalue weighted by Gasteiger charge is 2.02. The second kappa shape index (κ2) is 8.98. The Balaban J connectivity index is 2.30. The summed E-state index contributed by atoms with van der Waals surface area (Å²) in [6.07, 6.45) is 2.46. The van der Waals surface area contributed by atoms with E-state index < -0.39 is 0 Å². The zero-order valence-corrected chi connectivity index (χ0v) is 12.9. The molecule has 1 unspecified atom stereocenters. The number of hydrogen-bond donors (Lipinski definition) is 1. The summed E-state index contributed by atoms with van der Waals surface area (Å²) in [4.78, 5) is 0. The molecule has 0 bridgehead atoms. The van der Waals surface area contributed by atoms with Crippen LogP contribution >= 0.6 is 0 Å². The zero-order valence-electron chi connectivity index (χ0n) is 12.9. The number of ether oxygens (including phenoxy) is 1. The predicted molar refractivity (Wildman–Crippen MR) is 82.6 cm³/mol. The van der Waals surface area contributed by atoms with Crippen molar-refractivity contribution in [1.29, 1.82) is 0 Å². The van der Waals surface area contributed by atoms with Gasteiger partial charge in [0, 0.05) is 6.54 Å². The van der Waals surface area contributed by atoms with Gasteiger partial charge in [0.1, 0.15) is 5.75 Å². The Morgan fingerprint density at radius 1 is 1.11 bits per heavy atom. The van der Waals surface area contributed by atoms with Crippen LogP contribution in [0.3, 0.4) is 0 Å². The Morgan fingerprint density at radius 3 is 2.37 bits per heavy atom. The molecule has 2 nitrogen and oxygen atoms in total. The lowest BCUT2D eigenvalue weighted by atomic mass is 10.1. The first kappa shape index (κ1) is 16.0. The molecule has 0 heterocycles. The number of hydrogen-bond acceptors (Lipinski definition) is 2. The fraction of sp³-hybridized carbons (Fsp3) is 0.647. The maximum atomic E-state index is 5.80. The van der Waals surface area contributed by atoms with Gasteiger partial charge in [-0.1, -0.05) is 46.2 Å². The van der Waals surface area contributed by atoms with Crippen molar-refractivity contribution >= 4 is 0 Å². The van der Waals surface area contributed by atoms with Crippen LogP contribution in [-0.4, -0.2) is 13.2 Å². The van der Waals surface area contributed by atoms with Crippen molar-refractivity contribution in [2.75, 3.05) is 13.2 Å². The summed E-state index contributed by atoms with van der Waals surface area (Å²) in [5.41, 5.74) is 1.31. The molecule has 0 aliphatic carbocycles. The summed E-state index contributed by atoms with van der Waals surface area (Å²) < 4.78 is 5.80. The predicted octanol–water partition coefficient (Wildman–Crippen LogP) is 4.25. The Hall–Kier alpha value is -1.02. The van der Waals surface area contributed by atoms with Gasteiger partial charge in [0.2, 0.25) is 0 Å². The van der Waals surface area contributed by atoms with E-state index in [1.165, 1.54) is 18.4 Å². The van der Waals surface area contributed by atoms with Crippen LogP contribution in [0, 0.1) is 11.8 Å². The van der Waals surface area contributed by atoms with Gasteiger partial charge in [0.15, 0.2) is 0 Å². The molecule has 1 N–H and O–H groups in total. The topological polar surface area (TPSA) is 21.3 Å². The lowest BCUT2D eigenvalue weighted by Crippen LogP contribution is -2.18. The summed E-state index contributed by atoms with van der Waals surface area (Å²) in [5, 5.41) is 3.45. The second-order valence-electron chi connectivity index (χ2n) is 5.87. The normalized spacial score (nSPS) is 12.7. The van der Waals surface area contributed by atoms with Crippen molar-refractivity contribution in [3.63, 3.8) is 0 Å². The Labute approximate surface area is 118 Å². The molecule has 1 rings (SSSR count). The summed E-state index contributed by atoms with van der Waals surface area (Å²) in [6.45, 7) is 11.7. The van der Waals surface area contributed by atoms with Crippen molar-refractivity contribution in [1.82, 2.24) is 5.32 Å². The molecule has 108 valence electrons. The third kappa shape index (κ3) is 7.22. The molecule has 0 amide bonds. The third-order valence-corrected chi connectivity index (χ3v) is 3.12. The molecular formula is C17H29NO. The van der Waals surface area contributed by atoms with Gasteiger partial charge in [-0.05, 0) is 42.5 Å². The smallest absolute Gasteiger partial charge is 0.119 e. The summed E-state index contributed by atoms with van der Waals surface area (Å²) in [5.74, 6) is 2.32. The van der Waals surface area contributed by atoms with Crippen molar-refractivity contribution in [3.8, 4) is 5.75 Å². The fourth-order valence-electron chi connectivity index (χ4n) is 2.02. The van der Waals surface area contributed by atoms with E-state index in [1.807, 2.05) is 0 Å². The molecule has 1 aromatic carbocycles. The van der Waals surface area contributed by atoms with Crippen LogP contribution in [0.1, 0.15) is 46.1 Å². The van der Waals surface area contributed by atoms with Crippen molar-refractivity contribution in [3.05, 3.63) is 29.8 Å². The Kier molecular flexibility index (Phi) is 7.57. The lowest BCUT2D eigenvalue weighted by Gasteiger charge is -2.12. The number of rotatable bonds is 9. The first-order valence-electron chi connectivity index (χ1n) is 7.54. The maximum Gasteiger partial charge on any atom is 0.119 e. The van der Waals surface area contributed by atoms with E-state index in [9.17, 15) is 0 Å². The fourth-order valence-corrected chi connectivity index (χ4v) is 2.02. The molecule has 1 aromatic rings. The van der Waals surface area contributed by atoms with Crippen molar-refractivity contribution in [2.24, 2.45) is 11.8 Å². The minimum atomic E-state index is 0.636. The molecule has 0 saturated carbocycles. The number of benzene rings is 1. The minimum Gasteiger partial charge on any atom is -0.493 e. The molecule has 19 heavy (non-hydrogen) atoms. The lowest BCUT2D eigenvalue weighted by molar-refractivity contribution is 0.251. The largest absolute Gasteiger partial charge is 0.493 e. The van der Waals surface area contributed by atoms with Gasteiger partial charge in [0.05, 0.1) is 6.61 Å². The van der Waals surface area contributed by atoms with Gasteiger partial charge in [-0.2, -0.15) is 0 Å². The average Bonchev–Trinajstić information content (AvgIpc) is 2.38. The van der Waals surface area contributed by atoms with Crippen LogP contribution in [0.4, 0.5) is 0 Å². The van der Waals surface area contributed by atoms with E-state index in [0.717, 1.165) is 25.4 Å². The monoisotopic (exact) mass is 263 g/mol. The minimum absolute atomic E-state index is 0.636. The Morgan fingerprint density at radius 2 is 1.79 bits per heavy atom. The highest BCUT2D eigenvalue weighted by Crippen LogP contribution is 2.14. The summed E-state index contributed by atoms with van der Waals surface area (Å²) >= 11 is 0. The standard InChI is InChI=1S/C17H29NO/c1-5-6-15(4)13-19-17-9-7-16(8-10-17)12-18-11-14(2)3/h7-10,14-15,18H,5-6,11-13H2,1-4H3. The third-order valence-electron chi connectivity index (χ3n) is 3.12. The van der Waals surface area contributed by atoms with E-state index in [1.54, 1.807) is 0 Å². The SMILES string of the molecule is CCCC(C)COc1ccc(CNCC(C)C)cc1. The van der Waals surface area contributed by atoms with E-state index in [2.05, 4.69) is 57.3 Å². The molecule has 0 radical (unpaired) electrons. The van der Waals surface area contributed by atoms with E-state index in [4.69, 9.17) is 4.74 Å². The van der Waals surface area contributed by atoms with Gasteiger partial charge in [0.25, 0.3) is 0 Å². The van der Waals surface area contributed by atoms with Crippen molar-refractivity contribution in [2.45, 2.75) is 47.1 Å². The number of nitrogens with one attached hydrogen (secondary N) is 1. The van der Waals surface area contributed by atoms with Crippen LogP contribution in [0.5, 0.6) is 5.75 Å². The highest BCUT2D eigenvalue weighted by molar-refractivity contribution is 5.27. The van der Waals surface area contributed by atoms with E-state index in [-0.39, 0.29) is 0 Å². The summed E-state index contributed by atoms with van der Waals surface area (Å²) in [7, 11) is 0. The quantitative estimate of drug-likeness (QED) is 0.719. The molecule has 0 fully saturated rings. The van der Waals surface area contributed by atoms with Gasteiger partial charge in [-0.15, -0.1) is 0 Å². The molecule has 2 heteroatoms. The van der Waals surface area contributed by atoms with Crippen LogP contribution in [-0.2, 0) is 6.54 Å². The van der Waals surface area contributed by atoms with Crippen LogP contribution in [0.2, 0.25) is 0 Å². The van der Waals surface area contributed by atoms with Gasteiger partial charge >= 0.3 is 0 Å². The van der Waals surface area contributed by atoms with Crippen molar-refractivity contribution < 1.29 is 4.74 Å². The molecule has 0 saturated heterocycles. The van der Waals surface area contributed by atoms with Gasteiger partial charge in [-0.25, -0.2) is 0 Å². The molecule has 1 atom stereocenters. The van der Waals surface area contributed by atoms with Crippen LogP contribution in [0.15, 0.2) is 24.3 Å². The highest BCUT2D eigenvalue weighted by atomic mass is 16.5. The van der Waals surface area contributed by atoms with Crippen LogP contribution in [0.25, 0.3) is 0 Å². The first-order valence-corrected chi connectivity index (χ1v) is 7.54. The molecule has 0 aliphatic heterocycles. The first-order chi connectivity index (χ1) is 9.11. The van der Waals surface area contributed by atoms with E-state index >= 15 is 0 Å². The van der Waals surface area contributed by atoms with Crippen LogP contribution < -0.4 is 10.1 Å². The molecular weight excluding hydrogens is 234 g/mol. The second-order valence-corrected chi connectivity index (χ2v) is 5.87.